The van der Waals surface area contributed by atoms with Crippen molar-refractivity contribution in [2.75, 3.05) is 10.2 Å². The fourth-order valence-corrected chi connectivity index (χ4v) is 5.84. The van der Waals surface area contributed by atoms with Crippen LogP contribution in [-0.4, -0.2) is 15.6 Å². The SMILES string of the molecule is O=C(C1=C(Nc2ccccc2)CC(c2ccc([N+](=O)[O-])cc2)N(c2ccccc2)C1c1ccc([N+](=O)[O-])cc1)c1ccccc1. The molecule has 0 spiro atoms. The van der Waals surface area contributed by atoms with Crippen LogP contribution >= 0.6 is 0 Å². The van der Waals surface area contributed by atoms with E-state index in [2.05, 4.69) is 10.2 Å². The number of nitrogens with one attached hydrogen (secondary N) is 1. The molecule has 5 aromatic carbocycles. The minimum absolute atomic E-state index is 0.0224. The maximum Gasteiger partial charge on any atom is 0.269 e. The van der Waals surface area contributed by atoms with Crippen LogP contribution in [0.15, 0.2) is 151 Å². The molecule has 5 aromatic rings. The van der Waals surface area contributed by atoms with Gasteiger partial charge >= 0.3 is 0 Å². The van der Waals surface area contributed by atoms with E-state index in [0.29, 0.717) is 28.8 Å². The Labute approximate surface area is 259 Å². The number of anilines is 2. The Balaban J connectivity index is 1.63. The van der Waals surface area contributed by atoms with Crippen molar-refractivity contribution in [3.05, 3.63) is 188 Å². The highest BCUT2D eigenvalue weighted by atomic mass is 16.6. The largest absolute Gasteiger partial charge is 0.358 e. The maximum atomic E-state index is 14.6. The highest BCUT2D eigenvalue weighted by molar-refractivity contribution is 6.11. The highest BCUT2D eigenvalue weighted by Gasteiger charge is 2.41. The molecule has 0 amide bonds. The molecule has 222 valence electrons. The third kappa shape index (κ3) is 6.05. The van der Waals surface area contributed by atoms with E-state index in [9.17, 15) is 25.0 Å². The number of rotatable bonds is 9. The molecule has 45 heavy (non-hydrogen) atoms. The van der Waals surface area contributed by atoms with Crippen LogP contribution in [0.25, 0.3) is 0 Å². The molecule has 0 saturated heterocycles. The van der Waals surface area contributed by atoms with Crippen LogP contribution in [0, 0.1) is 20.2 Å². The number of carbonyl (C=O) groups is 1. The molecule has 0 fully saturated rings. The van der Waals surface area contributed by atoms with Crippen LogP contribution < -0.4 is 10.2 Å². The van der Waals surface area contributed by atoms with E-state index in [1.807, 2.05) is 78.9 Å². The quantitative estimate of drug-likeness (QED) is 0.103. The van der Waals surface area contributed by atoms with Gasteiger partial charge in [0.2, 0.25) is 0 Å². The highest BCUT2D eigenvalue weighted by Crippen LogP contribution is 2.49. The van der Waals surface area contributed by atoms with Gasteiger partial charge in [0.25, 0.3) is 11.4 Å². The topological polar surface area (TPSA) is 119 Å². The van der Waals surface area contributed by atoms with E-state index in [1.165, 1.54) is 24.3 Å². The second-order valence-electron chi connectivity index (χ2n) is 10.6. The summed E-state index contributed by atoms with van der Waals surface area (Å²) in [5.41, 5.74) is 4.73. The summed E-state index contributed by atoms with van der Waals surface area (Å²) in [6, 6.07) is 39.9. The molecule has 9 heteroatoms. The third-order valence-electron chi connectivity index (χ3n) is 7.92. The van der Waals surface area contributed by atoms with Crippen molar-refractivity contribution in [2.45, 2.75) is 18.5 Å². The molecule has 0 aromatic heterocycles. The predicted octanol–water partition coefficient (Wildman–Crippen LogP) is 8.44. The molecule has 0 saturated carbocycles. The van der Waals surface area contributed by atoms with Crippen LogP contribution in [0.1, 0.15) is 40.0 Å². The van der Waals surface area contributed by atoms with Crippen LogP contribution in [0.2, 0.25) is 0 Å². The van der Waals surface area contributed by atoms with Crippen LogP contribution in [-0.2, 0) is 0 Å². The first-order valence-electron chi connectivity index (χ1n) is 14.4. The number of non-ortho nitro benzene ring substituents is 2. The summed E-state index contributed by atoms with van der Waals surface area (Å²) in [6.45, 7) is 0. The first-order valence-corrected chi connectivity index (χ1v) is 14.4. The minimum atomic E-state index is -0.680. The van der Waals surface area contributed by atoms with Crippen molar-refractivity contribution in [3.8, 4) is 0 Å². The van der Waals surface area contributed by atoms with E-state index >= 15 is 0 Å². The van der Waals surface area contributed by atoms with Crippen molar-refractivity contribution < 1.29 is 14.6 Å². The van der Waals surface area contributed by atoms with Crippen molar-refractivity contribution in [1.29, 1.82) is 0 Å². The van der Waals surface area contributed by atoms with Gasteiger partial charge in [-0.15, -0.1) is 0 Å². The minimum Gasteiger partial charge on any atom is -0.358 e. The summed E-state index contributed by atoms with van der Waals surface area (Å²) in [7, 11) is 0. The maximum absolute atomic E-state index is 14.6. The van der Waals surface area contributed by atoms with E-state index in [-0.39, 0.29) is 23.2 Å². The molecule has 9 nitrogen and oxygen atoms in total. The molecule has 1 aliphatic rings. The lowest BCUT2D eigenvalue weighted by Gasteiger charge is -2.46. The van der Waals surface area contributed by atoms with Gasteiger partial charge in [0.15, 0.2) is 5.78 Å². The van der Waals surface area contributed by atoms with Crippen LogP contribution in [0.3, 0.4) is 0 Å². The van der Waals surface area contributed by atoms with E-state index in [0.717, 1.165) is 16.9 Å². The molecule has 1 aliphatic heterocycles. The zero-order valence-corrected chi connectivity index (χ0v) is 24.0. The Morgan fingerprint density at radius 3 is 1.67 bits per heavy atom. The van der Waals surface area contributed by atoms with Crippen molar-refractivity contribution in [2.24, 2.45) is 0 Å². The fraction of sp³-hybridized carbons (Fsp3) is 0.0833. The number of carbonyl (C=O) groups excluding carboxylic acids is 1. The second-order valence-corrected chi connectivity index (χ2v) is 10.6. The zero-order valence-electron chi connectivity index (χ0n) is 24.0. The number of benzene rings is 5. The van der Waals surface area contributed by atoms with Gasteiger partial charge in [0.05, 0.1) is 21.9 Å². The lowest BCUT2D eigenvalue weighted by Crippen LogP contribution is -2.41. The summed E-state index contributed by atoms with van der Waals surface area (Å²) in [4.78, 5) is 38.9. The van der Waals surface area contributed by atoms with Gasteiger partial charge in [-0.1, -0.05) is 78.9 Å². The van der Waals surface area contributed by atoms with Crippen molar-refractivity contribution in [3.63, 3.8) is 0 Å². The molecule has 0 radical (unpaired) electrons. The van der Waals surface area contributed by atoms with Gasteiger partial charge < -0.3 is 10.2 Å². The van der Waals surface area contributed by atoms with Gasteiger partial charge in [0.1, 0.15) is 0 Å². The molecular formula is C36H28N4O5. The number of ketones is 1. The molecule has 1 N–H and O–H groups in total. The molecular weight excluding hydrogens is 568 g/mol. The number of nitrogens with zero attached hydrogens (tertiary/aromatic N) is 3. The number of hydrogen-bond acceptors (Lipinski definition) is 7. The first-order chi connectivity index (χ1) is 21.9. The first kappa shape index (κ1) is 29.0. The lowest BCUT2D eigenvalue weighted by molar-refractivity contribution is -0.385. The fourth-order valence-electron chi connectivity index (χ4n) is 5.84. The van der Waals surface area contributed by atoms with E-state index < -0.39 is 15.9 Å². The predicted molar refractivity (Wildman–Crippen MR) is 173 cm³/mol. The Morgan fingerprint density at radius 2 is 1.13 bits per heavy atom. The van der Waals surface area contributed by atoms with Crippen LogP contribution in [0.4, 0.5) is 22.7 Å². The molecule has 0 aliphatic carbocycles. The summed E-state index contributed by atoms with van der Waals surface area (Å²) < 4.78 is 0. The molecule has 1 heterocycles. The summed E-state index contributed by atoms with van der Waals surface area (Å²) in [5.74, 6) is -0.180. The number of nitro benzene ring substituents is 2. The van der Waals surface area contributed by atoms with E-state index in [4.69, 9.17) is 0 Å². The summed E-state index contributed by atoms with van der Waals surface area (Å²) in [5, 5.41) is 26.6. The number of para-hydroxylation sites is 2. The standard InChI is InChI=1S/C36H28N4O5/c41-36(27-10-4-1-5-11-27)34-32(37-28-12-6-2-7-13-28)24-33(25-16-20-30(21-17-25)39(42)43)38(29-14-8-3-9-15-29)35(34)26-18-22-31(23-19-26)40(44)45/h1-23,33,35,37H,24H2. The number of Topliss-reactive ketones (excluding diaryl/α,β-unsaturated/α-hetero) is 1. The van der Waals surface area contributed by atoms with Gasteiger partial charge in [0, 0.05) is 58.9 Å². The average molecular weight is 597 g/mol. The smallest absolute Gasteiger partial charge is 0.269 e. The van der Waals surface area contributed by atoms with Gasteiger partial charge in [-0.25, -0.2) is 0 Å². The third-order valence-corrected chi connectivity index (χ3v) is 7.92. The van der Waals surface area contributed by atoms with Gasteiger partial charge in [-0.2, -0.15) is 0 Å². The van der Waals surface area contributed by atoms with Crippen LogP contribution in [0.5, 0.6) is 0 Å². The number of nitro groups is 2. The molecule has 0 bridgehead atoms. The van der Waals surface area contributed by atoms with E-state index in [1.54, 1.807) is 36.4 Å². The van der Waals surface area contributed by atoms with Crippen molar-refractivity contribution in [1.82, 2.24) is 0 Å². The molecule has 2 atom stereocenters. The molecule has 6 rings (SSSR count). The van der Waals surface area contributed by atoms with Gasteiger partial charge in [-0.3, -0.25) is 25.0 Å². The Kier molecular flexibility index (Phi) is 8.15. The normalized spacial score (nSPS) is 16.2. The Bertz CT molecular complexity index is 1860. The summed E-state index contributed by atoms with van der Waals surface area (Å²) in [6.07, 6.45) is 0.374. The summed E-state index contributed by atoms with van der Waals surface area (Å²) >= 11 is 0. The Hall–Kier alpha value is -6.09. The zero-order chi connectivity index (χ0) is 31.3. The second kappa shape index (κ2) is 12.6. The monoisotopic (exact) mass is 596 g/mol. The van der Waals surface area contributed by atoms with Crippen molar-refractivity contribution >= 4 is 28.5 Å². The Morgan fingerprint density at radius 1 is 0.644 bits per heavy atom. The average Bonchev–Trinajstić information content (AvgIpc) is 3.08. The molecule has 2 unspecified atom stereocenters. The lowest BCUT2D eigenvalue weighted by atomic mass is 9.81. The van der Waals surface area contributed by atoms with Gasteiger partial charge in [-0.05, 0) is 47.5 Å². The number of hydrogen-bond donors (Lipinski definition) is 1.